The monoisotopic (exact) mass is 345 g/mol. The van der Waals surface area contributed by atoms with Crippen LogP contribution in [0.1, 0.15) is 19.4 Å². The van der Waals surface area contributed by atoms with Crippen LogP contribution in [-0.4, -0.2) is 50.9 Å². The zero-order chi connectivity index (χ0) is 16.6. The Morgan fingerprint density at radius 3 is 2.45 bits per heavy atom. The van der Waals surface area contributed by atoms with Crippen molar-refractivity contribution in [2.75, 3.05) is 31.6 Å². The van der Waals surface area contributed by atoms with Crippen molar-refractivity contribution in [1.29, 1.82) is 0 Å². The molecule has 0 amide bonds. The van der Waals surface area contributed by atoms with Gasteiger partial charge in [-0.2, -0.15) is 0 Å². The Morgan fingerprint density at radius 2 is 1.91 bits per heavy atom. The molecule has 0 fully saturated rings. The van der Waals surface area contributed by atoms with E-state index in [1.54, 1.807) is 6.92 Å². The lowest BCUT2D eigenvalue weighted by Gasteiger charge is -2.22. The molecule has 0 aliphatic rings. The van der Waals surface area contributed by atoms with Crippen LogP contribution in [0.15, 0.2) is 29.3 Å². The molecule has 0 spiro atoms. The first-order valence-corrected chi connectivity index (χ1v) is 9.52. The van der Waals surface area contributed by atoms with Gasteiger partial charge in [-0.3, -0.25) is 4.99 Å². The van der Waals surface area contributed by atoms with Crippen LogP contribution in [0.5, 0.6) is 0 Å². The highest BCUT2D eigenvalue weighted by Crippen LogP contribution is 2.11. The van der Waals surface area contributed by atoms with Crippen molar-refractivity contribution in [3.63, 3.8) is 0 Å². The Balaban J connectivity index is 2.70. The fraction of sp³-hybridized carbons (Fsp3) is 0.533. The molecule has 0 radical (unpaired) electrons. The average Bonchev–Trinajstić information content (AvgIpc) is 2.48. The number of hydrogen-bond donors (Lipinski definition) is 1. The zero-order valence-corrected chi connectivity index (χ0v) is 14.9. The maximum atomic E-state index is 11.5. The fourth-order valence-electron chi connectivity index (χ4n) is 1.84. The lowest BCUT2D eigenvalue weighted by atomic mass is 10.2. The number of aliphatic imine (C=N–C) groups is 1. The van der Waals surface area contributed by atoms with Gasteiger partial charge < -0.3 is 10.2 Å². The quantitative estimate of drug-likeness (QED) is 0.607. The molecule has 0 bridgehead atoms. The van der Waals surface area contributed by atoms with Gasteiger partial charge in [0.1, 0.15) is 0 Å². The van der Waals surface area contributed by atoms with E-state index < -0.39 is 9.84 Å². The summed E-state index contributed by atoms with van der Waals surface area (Å²) in [7, 11) is -1.07. The van der Waals surface area contributed by atoms with Crippen LogP contribution in [-0.2, 0) is 16.4 Å². The summed E-state index contributed by atoms with van der Waals surface area (Å²) in [6, 6.07) is 7.62. The van der Waals surface area contributed by atoms with Gasteiger partial charge in [-0.1, -0.05) is 30.7 Å². The Labute approximate surface area is 138 Å². The van der Waals surface area contributed by atoms with Gasteiger partial charge in [-0.25, -0.2) is 8.42 Å². The summed E-state index contributed by atoms with van der Waals surface area (Å²) in [5.41, 5.74) is 1.11. The molecule has 22 heavy (non-hydrogen) atoms. The number of sulfone groups is 1. The maximum Gasteiger partial charge on any atom is 0.193 e. The molecule has 1 aromatic rings. The second-order valence-corrected chi connectivity index (χ2v) is 7.86. The highest BCUT2D eigenvalue weighted by atomic mass is 35.5. The predicted molar refractivity (Wildman–Crippen MR) is 93.2 cm³/mol. The maximum absolute atomic E-state index is 11.5. The lowest BCUT2D eigenvalue weighted by molar-refractivity contribution is 0.477. The van der Waals surface area contributed by atoms with Crippen LogP contribution < -0.4 is 5.32 Å². The summed E-state index contributed by atoms with van der Waals surface area (Å²) in [5.74, 6) is 0.927. The predicted octanol–water partition coefficient (Wildman–Crippen LogP) is 2.17. The molecule has 0 aliphatic carbocycles. The molecule has 0 saturated carbocycles. The molecule has 0 unspecified atom stereocenters. The van der Waals surface area contributed by atoms with E-state index in [2.05, 4.69) is 10.3 Å². The molecule has 5 nitrogen and oxygen atoms in total. The van der Waals surface area contributed by atoms with E-state index in [-0.39, 0.29) is 18.1 Å². The number of rotatable bonds is 7. The van der Waals surface area contributed by atoms with Gasteiger partial charge in [0.2, 0.25) is 0 Å². The van der Waals surface area contributed by atoms with E-state index in [9.17, 15) is 8.42 Å². The third-order valence-electron chi connectivity index (χ3n) is 3.13. The molecule has 0 saturated heterocycles. The second-order valence-electron chi connectivity index (χ2n) is 4.95. The molecule has 1 N–H and O–H groups in total. The van der Waals surface area contributed by atoms with E-state index in [0.29, 0.717) is 17.5 Å². The molecule has 0 atom stereocenters. The van der Waals surface area contributed by atoms with Crippen LogP contribution >= 0.6 is 11.6 Å². The minimum absolute atomic E-state index is 0.0766. The van der Waals surface area contributed by atoms with Gasteiger partial charge in [0, 0.05) is 30.9 Å². The Bertz CT molecular complexity index is 585. The van der Waals surface area contributed by atoms with Crippen LogP contribution in [0.4, 0.5) is 0 Å². The number of hydrogen-bond acceptors (Lipinski definition) is 3. The van der Waals surface area contributed by atoms with Gasteiger partial charge in [0.25, 0.3) is 0 Å². The number of nitrogens with one attached hydrogen (secondary N) is 1. The van der Waals surface area contributed by atoms with Crippen LogP contribution in [0.2, 0.25) is 5.02 Å². The van der Waals surface area contributed by atoms with E-state index in [1.165, 1.54) is 0 Å². The van der Waals surface area contributed by atoms with Gasteiger partial charge in [-0.15, -0.1) is 0 Å². The first kappa shape index (κ1) is 18.8. The molecule has 1 aromatic carbocycles. The summed E-state index contributed by atoms with van der Waals surface area (Å²) < 4.78 is 23.0. The first-order chi connectivity index (χ1) is 10.4. The van der Waals surface area contributed by atoms with Gasteiger partial charge in [0.15, 0.2) is 15.8 Å². The van der Waals surface area contributed by atoms with Crippen molar-refractivity contribution in [3.05, 3.63) is 34.9 Å². The van der Waals surface area contributed by atoms with Crippen molar-refractivity contribution >= 4 is 27.4 Å². The fourth-order valence-corrected chi connectivity index (χ4v) is 2.63. The topological polar surface area (TPSA) is 61.8 Å². The summed E-state index contributed by atoms with van der Waals surface area (Å²) in [6.45, 7) is 5.29. The van der Waals surface area contributed by atoms with Gasteiger partial charge in [-0.05, 0) is 24.6 Å². The highest BCUT2D eigenvalue weighted by Gasteiger charge is 2.09. The van der Waals surface area contributed by atoms with E-state index in [0.717, 1.165) is 12.1 Å². The van der Waals surface area contributed by atoms with Crippen molar-refractivity contribution < 1.29 is 8.42 Å². The van der Waals surface area contributed by atoms with Crippen LogP contribution in [0, 0.1) is 0 Å². The smallest absolute Gasteiger partial charge is 0.193 e. The van der Waals surface area contributed by atoms with Crippen LogP contribution in [0.25, 0.3) is 0 Å². The summed E-state index contributed by atoms with van der Waals surface area (Å²) in [4.78, 5) is 6.35. The summed E-state index contributed by atoms with van der Waals surface area (Å²) >= 11 is 5.88. The summed E-state index contributed by atoms with van der Waals surface area (Å²) in [5, 5.41) is 3.88. The molecule has 0 aromatic heterocycles. The third-order valence-corrected chi connectivity index (χ3v) is 5.07. The van der Waals surface area contributed by atoms with Crippen molar-refractivity contribution in [2.45, 2.75) is 20.4 Å². The van der Waals surface area contributed by atoms with E-state index >= 15 is 0 Å². The van der Waals surface area contributed by atoms with Crippen molar-refractivity contribution in [3.8, 4) is 0 Å². The lowest BCUT2D eigenvalue weighted by Crippen LogP contribution is -2.38. The second kappa shape index (κ2) is 9.00. The average molecular weight is 346 g/mol. The molecule has 0 aliphatic heterocycles. The number of benzene rings is 1. The first-order valence-electron chi connectivity index (χ1n) is 7.32. The Kier molecular flexibility index (Phi) is 7.68. The summed E-state index contributed by atoms with van der Waals surface area (Å²) in [6.07, 6.45) is 0. The highest BCUT2D eigenvalue weighted by molar-refractivity contribution is 7.91. The van der Waals surface area contributed by atoms with Crippen LogP contribution in [0.3, 0.4) is 0 Å². The molecule has 0 heterocycles. The van der Waals surface area contributed by atoms with E-state index in [4.69, 9.17) is 11.6 Å². The van der Waals surface area contributed by atoms with Crippen molar-refractivity contribution in [2.24, 2.45) is 4.99 Å². The number of nitrogens with zero attached hydrogens (tertiary/aromatic N) is 2. The van der Waals surface area contributed by atoms with Gasteiger partial charge in [0.05, 0.1) is 12.3 Å². The minimum atomic E-state index is -2.99. The van der Waals surface area contributed by atoms with E-state index in [1.807, 2.05) is 43.1 Å². The standard InChI is InChI=1S/C15H24ClN3O2S/c1-4-17-15(18-10-11-22(20,21)5-2)19(3)12-13-6-8-14(16)9-7-13/h6-9H,4-5,10-12H2,1-3H3,(H,17,18). The Morgan fingerprint density at radius 1 is 1.27 bits per heavy atom. The molecule has 124 valence electrons. The third kappa shape index (κ3) is 6.66. The molecule has 1 rings (SSSR count). The zero-order valence-electron chi connectivity index (χ0n) is 13.3. The minimum Gasteiger partial charge on any atom is -0.357 e. The molecular weight excluding hydrogens is 322 g/mol. The molecule has 7 heteroatoms. The molecular formula is C15H24ClN3O2S. The Hall–Kier alpha value is -1.27. The number of halogens is 1. The number of guanidine groups is 1. The van der Waals surface area contributed by atoms with Gasteiger partial charge >= 0.3 is 0 Å². The normalized spacial score (nSPS) is 12.3. The SMILES string of the molecule is CCNC(=NCCS(=O)(=O)CC)N(C)Cc1ccc(Cl)cc1. The largest absolute Gasteiger partial charge is 0.357 e. The van der Waals surface area contributed by atoms with Crippen molar-refractivity contribution in [1.82, 2.24) is 10.2 Å².